The van der Waals surface area contributed by atoms with Crippen molar-refractivity contribution >= 4 is 35.1 Å². The smallest absolute Gasteiger partial charge is 0.308 e. The van der Waals surface area contributed by atoms with E-state index in [2.05, 4.69) is 10.2 Å². The van der Waals surface area contributed by atoms with Gasteiger partial charge in [0.15, 0.2) is 10.3 Å². The van der Waals surface area contributed by atoms with Gasteiger partial charge >= 0.3 is 5.97 Å². The number of aliphatic carboxylic acids is 1. The van der Waals surface area contributed by atoms with Gasteiger partial charge in [0.2, 0.25) is 0 Å². The molecule has 19 heavy (non-hydrogen) atoms. The first-order valence-electron chi connectivity index (χ1n) is 5.70. The van der Waals surface area contributed by atoms with Gasteiger partial charge in [-0.25, -0.2) is 0 Å². The Hall–Kier alpha value is -1.40. The van der Waals surface area contributed by atoms with Gasteiger partial charge in [0.1, 0.15) is 0 Å². The average Bonchev–Trinajstić information content (AvgIpc) is 2.41. The number of hydrogen-bond acceptors (Lipinski definition) is 4. The van der Waals surface area contributed by atoms with Gasteiger partial charge in [0.05, 0.1) is 11.5 Å². The summed E-state index contributed by atoms with van der Waals surface area (Å²) in [7, 11) is 0. The molecule has 0 spiro atoms. The van der Waals surface area contributed by atoms with Crippen molar-refractivity contribution in [2.45, 2.75) is 12.8 Å². The fourth-order valence-electron chi connectivity index (χ4n) is 2.04. The van der Waals surface area contributed by atoms with E-state index in [9.17, 15) is 9.59 Å². The van der Waals surface area contributed by atoms with Crippen LogP contribution in [-0.2, 0) is 4.79 Å². The normalized spacial score (nSPS) is 19.3. The van der Waals surface area contributed by atoms with Gasteiger partial charge in [-0.1, -0.05) is 23.2 Å². The zero-order valence-electron chi connectivity index (χ0n) is 9.84. The molecular formula is C11H11Cl2N3O3. The number of aromatic nitrogens is 2. The number of carbonyl (C=O) groups is 2. The molecule has 0 aromatic carbocycles. The minimum absolute atomic E-state index is 0.0353. The molecule has 2 heterocycles. The van der Waals surface area contributed by atoms with E-state index < -0.39 is 11.9 Å². The molecule has 1 amide bonds. The lowest BCUT2D eigenvalue weighted by Gasteiger charge is -2.30. The lowest BCUT2D eigenvalue weighted by molar-refractivity contribution is -0.143. The summed E-state index contributed by atoms with van der Waals surface area (Å²) >= 11 is 11.5. The maximum atomic E-state index is 12.3. The van der Waals surface area contributed by atoms with Crippen LogP contribution in [0.5, 0.6) is 0 Å². The summed E-state index contributed by atoms with van der Waals surface area (Å²) in [6.07, 6.45) is 1.22. The summed E-state index contributed by atoms with van der Waals surface area (Å²) in [5.74, 6) is -1.80. The number of halogens is 2. The van der Waals surface area contributed by atoms with Gasteiger partial charge in [0.25, 0.3) is 5.91 Å². The molecule has 1 aliphatic heterocycles. The van der Waals surface area contributed by atoms with Gasteiger partial charge in [0, 0.05) is 13.1 Å². The first-order chi connectivity index (χ1) is 8.99. The van der Waals surface area contributed by atoms with E-state index in [0.717, 1.165) is 0 Å². The molecule has 1 unspecified atom stereocenters. The summed E-state index contributed by atoms with van der Waals surface area (Å²) in [5, 5.41) is 16.1. The number of piperidine rings is 1. The largest absolute Gasteiger partial charge is 0.481 e. The summed E-state index contributed by atoms with van der Waals surface area (Å²) in [6.45, 7) is 0.670. The number of likely N-dealkylation sites (tertiary alicyclic amines) is 1. The number of amides is 1. The van der Waals surface area contributed by atoms with E-state index in [-0.39, 0.29) is 28.3 Å². The highest BCUT2D eigenvalue weighted by molar-refractivity contribution is 6.34. The number of carboxylic acids is 1. The molecule has 102 valence electrons. The van der Waals surface area contributed by atoms with Gasteiger partial charge in [-0.05, 0) is 18.9 Å². The van der Waals surface area contributed by atoms with Gasteiger partial charge in [-0.3, -0.25) is 9.59 Å². The van der Waals surface area contributed by atoms with E-state index in [0.29, 0.717) is 19.4 Å². The fraction of sp³-hybridized carbons (Fsp3) is 0.455. The van der Waals surface area contributed by atoms with E-state index in [4.69, 9.17) is 28.3 Å². The SMILES string of the molecule is O=C(O)C1CCCN(C(=O)c2cc(Cl)nnc2Cl)C1. The average molecular weight is 304 g/mol. The van der Waals surface area contributed by atoms with Crippen molar-refractivity contribution in [2.75, 3.05) is 13.1 Å². The Balaban J connectivity index is 2.19. The monoisotopic (exact) mass is 303 g/mol. The third-order valence-corrected chi connectivity index (χ3v) is 3.47. The standard InChI is InChI=1S/C11H11Cl2N3O3/c12-8-4-7(9(13)15-14-8)10(17)16-3-1-2-6(5-16)11(18)19/h4,6H,1-3,5H2,(H,18,19). The van der Waals surface area contributed by atoms with Gasteiger partial charge in [-0.2, -0.15) is 0 Å². The van der Waals surface area contributed by atoms with Crippen molar-refractivity contribution in [1.82, 2.24) is 15.1 Å². The number of nitrogens with zero attached hydrogens (tertiary/aromatic N) is 3. The predicted molar refractivity (Wildman–Crippen MR) is 68.3 cm³/mol. The van der Waals surface area contributed by atoms with Crippen LogP contribution in [0.4, 0.5) is 0 Å². The summed E-state index contributed by atoms with van der Waals surface area (Å²) < 4.78 is 0. The summed E-state index contributed by atoms with van der Waals surface area (Å²) in [5.41, 5.74) is 0.146. The highest BCUT2D eigenvalue weighted by Crippen LogP contribution is 2.22. The third-order valence-electron chi connectivity index (χ3n) is 3.01. The van der Waals surface area contributed by atoms with E-state index in [1.807, 2.05) is 0 Å². The van der Waals surface area contributed by atoms with Crippen LogP contribution < -0.4 is 0 Å². The van der Waals surface area contributed by atoms with Gasteiger partial charge < -0.3 is 10.0 Å². The van der Waals surface area contributed by atoms with Crippen molar-refractivity contribution in [2.24, 2.45) is 5.92 Å². The van der Waals surface area contributed by atoms with Crippen LogP contribution in [0.25, 0.3) is 0 Å². The Morgan fingerprint density at radius 1 is 1.37 bits per heavy atom. The van der Waals surface area contributed by atoms with Crippen molar-refractivity contribution in [3.63, 3.8) is 0 Å². The van der Waals surface area contributed by atoms with Crippen molar-refractivity contribution in [3.8, 4) is 0 Å². The van der Waals surface area contributed by atoms with Crippen LogP contribution >= 0.6 is 23.2 Å². The highest BCUT2D eigenvalue weighted by atomic mass is 35.5. The van der Waals surface area contributed by atoms with E-state index in [1.165, 1.54) is 11.0 Å². The van der Waals surface area contributed by atoms with Gasteiger partial charge in [-0.15, -0.1) is 10.2 Å². The molecule has 0 bridgehead atoms. The lowest BCUT2D eigenvalue weighted by Crippen LogP contribution is -2.42. The van der Waals surface area contributed by atoms with Crippen LogP contribution in [-0.4, -0.2) is 45.2 Å². The Kier molecular flexibility index (Phi) is 4.21. The Morgan fingerprint density at radius 3 is 2.79 bits per heavy atom. The molecule has 0 saturated carbocycles. The second kappa shape index (κ2) is 5.71. The number of hydrogen-bond donors (Lipinski definition) is 1. The molecular weight excluding hydrogens is 293 g/mol. The highest BCUT2D eigenvalue weighted by Gasteiger charge is 2.29. The predicted octanol–water partition coefficient (Wildman–Crippen LogP) is 1.72. The lowest BCUT2D eigenvalue weighted by atomic mass is 9.98. The van der Waals surface area contributed by atoms with Crippen LogP contribution in [0.3, 0.4) is 0 Å². The van der Waals surface area contributed by atoms with E-state index >= 15 is 0 Å². The zero-order chi connectivity index (χ0) is 14.0. The molecule has 1 aliphatic rings. The minimum Gasteiger partial charge on any atom is -0.481 e. The number of carbonyl (C=O) groups excluding carboxylic acids is 1. The van der Waals surface area contributed by atoms with Crippen LogP contribution in [0, 0.1) is 5.92 Å². The molecule has 1 N–H and O–H groups in total. The van der Waals surface area contributed by atoms with E-state index in [1.54, 1.807) is 0 Å². The Labute approximate surface area is 119 Å². The third kappa shape index (κ3) is 3.13. The molecule has 1 saturated heterocycles. The summed E-state index contributed by atoms with van der Waals surface area (Å²) in [4.78, 5) is 24.7. The Bertz CT molecular complexity index is 524. The van der Waals surface area contributed by atoms with Crippen LogP contribution in [0.1, 0.15) is 23.2 Å². The molecule has 1 aromatic heterocycles. The minimum atomic E-state index is -0.894. The number of carboxylic acid groups (broad SMARTS) is 1. The molecule has 1 fully saturated rings. The molecule has 1 aromatic rings. The molecule has 1 atom stereocenters. The molecule has 6 nitrogen and oxygen atoms in total. The second-order valence-corrected chi connectivity index (χ2v) is 5.05. The van der Waals surface area contributed by atoms with Crippen LogP contribution in [0.2, 0.25) is 10.3 Å². The molecule has 0 aliphatic carbocycles. The first-order valence-corrected chi connectivity index (χ1v) is 6.45. The van der Waals surface area contributed by atoms with Crippen molar-refractivity contribution in [3.05, 3.63) is 21.9 Å². The molecule has 2 rings (SSSR count). The maximum absolute atomic E-state index is 12.3. The topological polar surface area (TPSA) is 83.4 Å². The van der Waals surface area contributed by atoms with Crippen molar-refractivity contribution in [1.29, 1.82) is 0 Å². The number of rotatable bonds is 2. The fourth-order valence-corrected chi connectivity index (χ4v) is 2.36. The molecule has 0 radical (unpaired) electrons. The first kappa shape index (κ1) is 14.0. The van der Waals surface area contributed by atoms with Crippen molar-refractivity contribution < 1.29 is 14.7 Å². The quantitative estimate of drug-likeness (QED) is 0.899. The molecule has 8 heteroatoms. The maximum Gasteiger partial charge on any atom is 0.308 e. The zero-order valence-corrected chi connectivity index (χ0v) is 11.4. The second-order valence-electron chi connectivity index (χ2n) is 4.30. The van der Waals surface area contributed by atoms with Crippen LogP contribution in [0.15, 0.2) is 6.07 Å². The summed E-state index contributed by atoms with van der Waals surface area (Å²) in [6, 6.07) is 1.34. The Morgan fingerprint density at radius 2 is 2.11 bits per heavy atom.